The van der Waals surface area contributed by atoms with E-state index < -0.39 is 6.09 Å². The quantitative estimate of drug-likeness (QED) is 0.432. The second kappa shape index (κ2) is 5.21. The number of hydrogen-bond acceptors (Lipinski definition) is 3. The van der Waals surface area contributed by atoms with E-state index in [-0.39, 0.29) is 0 Å². The van der Waals surface area contributed by atoms with Crippen molar-refractivity contribution in [2.45, 2.75) is 19.8 Å². The van der Waals surface area contributed by atoms with E-state index >= 15 is 0 Å². The fourth-order valence-electron chi connectivity index (χ4n) is 0.330. The van der Waals surface area contributed by atoms with Gasteiger partial charge in [0, 0.05) is 0 Å². The summed E-state index contributed by atoms with van der Waals surface area (Å²) >= 11 is 0. The van der Waals surface area contributed by atoms with Crippen molar-refractivity contribution in [2.75, 3.05) is 6.61 Å². The molecule has 0 aromatic heterocycles. The van der Waals surface area contributed by atoms with Crippen molar-refractivity contribution in [3.8, 4) is 0 Å². The Morgan fingerprint density at radius 2 is 2.33 bits per heavy atom. The van der Waals surface area contributed by atoms with E-state index in [1.54, 1.807) is 0 Å². The second-order valence-electron chi connectivity index (χ2n) is 1.56. The molecule has 52 valence electrons. The summed E-state index contributed by atoms with van der Waals surface area (Å²) in [5, 5.41) is 2.05. The van der Waals surface area contributed by atoms with Crippen LogP contribution >= 0.6 is 0 Å². The lowest BCUT2D eigenvalue weighted by Gasteiger charge is -1.94. The van der Waals surface area contributed by atoms with Gasteiger partial charge in [0.05, 0.1) is 11.8 Å². The summed E-state index contributed by atoms with van der Waals surface area (Å²) < 4.78 is 4.31. The Kier molecular flexibility index (Phi) is 4.67. The van der Waals surface area contributed by atoms with Gasteiger partial charge in [0.15, 0.2) is 0 Å². The topological polar surface area (TPSA) is 55.7 Å². The highest BCUT2D eigenvalue weighted by Crippen LogP contribution is 1.89. The molecule has 0 bridgehead atoms. The van der Waals surface area contributed by atoms with Gasteiger partial charge in [0.25, 0.3) is 0 Å². The van der Waals surface area contributed by atoms with Gasteiger partial charge in [-0.1, -0.05) is 13.3 Å². The summed E-state index contributed by atoms with van der Waals surface area (Å²) in [5.74, 6) is 0. The van der Waals surface area contributed by atoms with Crippen LogP contribution < -0.4 is 0 Å². The number of ether oxygens (including phenoxy) is 1. The summed E-state index contributed by atoms with van der Waals surface area (Å²) in [5.41, 5.74) is 0. The predicted octanol–water partition coefficient (Wildman–Crippen LogP) is 1.69. The minimum absolute atomic E-state index is 0.293. The zero-order valence-corrected chi connectivity index (χ0v) is 5.29. The molecule has 0 aliphatic rings. The third-order valence-electron chi connectivity index (χ3n) is 0.798. The van der Waals surface area contributed by atoms with Gasteiger partial charge in [-0.2, -0.15) is 0 Å². The smallest absolute Gasteiger partial charge is 0.446 e. The number of amides is 1. The first-order valence-electron chi connectivity index (χ1n) is 2.81. The molecule has 4 nitrogen and oxygen atoms in total. The van der Waals surface area contributed by atoms with Crippen molar-refractivity contribution in [1.29, 1.82) is 0 Å². The van der Waals surface area contributed by atoms with Gasteiger partial charge in [-0.15, -0.1) is 4.91 Å². The summed E-state index contributed by atoms with van der Waals surface area (Å²) in [6.07, 6.45) is 0.691. The first-order chi connectivity index (χ1) is 4.31. The largest absolute Gasteiger partial charge is 0.470 e. The number of hydrogen-bond donors (Lipinski definition) is 0. The number of carbonyl (C=O) groups is 1. The lowest BCUT2D eigenvalue weighted by molar-refractivity contribution is 0.155. The Morgan fingerprint density at radius 3 is 2.78 bits per heavy atom. The minimum atomic E-state index is -1.02. The van der Waals surface area contributed by atoms with Crippen molar-refractivity contribution < 1.29 is 9.53 Å². The van der Waals surface area contributed by atoms with E-state index in [1.807, 2.05) is 12.1 Å². The van der Waals surface area contributed by atoms with E-state index in [0.717, 1.165) is 12.8 Å². The van der Waals surface area contributed by atoms with Crippen molar-refractivity contribution in [3.63, 3.8) is 0 Å². The summed E-state index contributed by atoms with van der Waals surface area (Å²) in [6.45, 7) is 2.25. The van der Waals surface area contributed by atoms with Crippen LogP contribution in [0.4, 0.5) is 4.79 Å². The van der Waals surface area contributed by atoms with Crippen LogP contribution in [-0.4, -0.2) is 12.7 Å². The zero-order valence-electron chi connectivity index (χ0n) is 5.29. The van der Waals surface area contributed by atoms with E-state index in [2.05, 4.69) is 4.74 Å². The Labute approximate surface area is 53.2 Å². The second-order valence-corrected chi connectivity index (χ2v) is 1.56. The molecule has 0 aromatic carbocycles. The highest BCUT2D eigenvalue weighted by atomic mass is 16.6. The van der Waals surface area contributed by atoms with Crippen LogP contribution in [-0.2, 0) is 4.74 Å². The van der Waals surface area contributed by atoms with Gasteiger partial charge < -0.3 is 4.74 Å². The molecule has 1 amide bonds. The molecule has 0 spiro atoms. The maximum Gasteiger partial charge on any atom is 0.470 e. The number of carbonyl (C=O) groups excluding carboxylic acids is 1. The molecule has 0 saturated heterocycles. The Balaban J connectivity index is 3.07. The molecule has 0 aliphatic heterocycles. The molecule has 0 saturated carbocycles. The minimum Gasteiger partial charge on any atom is -0.446 e. The molecule has 9 heavy (non-hydrogen) atoms. The molecule has 0 heterocycles. The van der Waals surface area contributed by atoms with Gasteiger partial charge >= 0.3 is 6.09 Å². The van der Waals surface area contributed by atoms with Crippen LogP contribution in [0.2, 0.25) is 0 Å². The molecule has 0 aromatic rings. The van der Waals surface area contributed by atoms with E-state index in [1.165, 1.54) is 0 Å². The lowest BCUT2D eigenvalue weighted by Crippen LogP contribution is -1.98. The van der Waals surface area contributed by atoms with E-state index in [0.29, 0.717) is 6.61 Å². The van der Waals surface area contributed by atoms with E-state index in [9.17, 15) is 9.70 Å². The number of rotatable bonds is 3. The molecule has 0 radical (unpaired) electrons. The summed E-state index contributed by atoms with van der Waals surface area (Å²) in [4.78, 5) is 19.4. The standard InChI is InChI=1S/C5H9NO3/c1-2-3-4-9-5(7)6-8/h2-4H2,1H3. The SMILES string of the molecule is CCCCOC(=O)N=O. The molecule has 0 N–H and O–H groups in total. The number of unbranched alkanes of at least 4 members (excludes halogenated alkanes) is 1. The third-order valence-corrected chi connectivity index (χ3v) is 0.798. The summed E-state index contributed by atoms with van der Waals surface area (Å²) in [6, 6.07) is 0. The van der Waals surface area contributed by atoms with Crippen LogP contribution in [0.25, 0.3) is 0 Å². The van der Waals surface area contributed by atoms with Crippen molar-refractivity contribution in [2.24, 2.45) is 5.18 Å². The first kappa shape index (κ1) is 8.07. The van der Waals surface area contributed by atoms with Gasteiger partial charge in [0.2, 0.25) is 0 Å². The third kappa shape index (κ3) is 4.93. The number of nitroso groups, excluding NO2 is 1. The van der Waals surface area contributed by atoms with Gasteiger partial charge in [-0.25, -0.2) is 4.79 Å². The first-order valence-corrected chi connectivity index (χ1v) is 2.81. The normalized spacial score (nSPS) is 8.56. The molecular formula is C5H9NO3. The number of nitrogens with zero attached hydrogens (tertiary/aromatic N) is 1. The van der Waals surface area contributed by atoms with Crippen molar-refractivity contribution in [3.05, 3.63) is 4.91 Å². The highest BCUT2D eigenvalue weighted by molar-refractivity contribution is 5.67. The van der Waals surface area contributed by atoms with Gasteiger partial charge in [-0.3, -0.25) is 0 Å². The van der Waals surface area contributed by atoms with Gasteiger partial charge in [0.1, 0.15) is 0 Å². The average molecular weight is 131 g/mol. The van der Waals surface area contributed by atoms with Crippen molar-refractivity contribution >= 4 is 6.09 Å². The fraction of sp³-hybridized carbons (Fsp3) is 0.800. The molecule has 0 fully saturated rings. The Morgan fingerprint density at radius 1 is 1.67 bits per heavy atom. The molecular weight excluding hydrogens is 122 g/mol. The van der Waals surface area contributed by atoms with Crippen molar-refractivity contribution in [1.82, 2.24) is 0 Å². The Hall–Kier alpha value is -0.930. The lowest BCUT2D eigenvalue weighted by atomic mass is 10.4. The monoisotopic (exact) mass is 131 g/mol. The highest BCUT2D eigenvalue weighted by Gasteiger charge is 1.97. The molecule has 0 unspecified atom stereocenters. The maximum atomic E-state index is 9.99. The Bertz CT molecular complexity index is 102. The van der Waals surface area contributed by atoms with E-state index in [4.69, 9.17) is 0 Å². The van der Waals surface area contributed by atoms with Crippen LogP contribution in [0, 0.1) is 4.91 Å². The molecule has 0 rings (SSSR count). The average Bonchev–Trinajstić information content (AvgIpc) is 1.89. The van der Waals surface area contributed by atoms with Crippen LogP contribution in [0.1, 0.15) is 19.8 Å². The molecule has 4 heteroatoms. The fourth-order valence-corrected chi connectivity index (χ4v) is 0.330. The van der Waals surface area contributed by atoms with Gasteiger partial charge in [-0.05, 0) is 6.42 Å². The molecule has 0 atom stereocenters. The zero-order chi connectivity index (χ0) is 7.11. The summed E-state index contributed by atoms with van der Waals surface area (Å²) in [7, 11) is 0. The molecule has 0 aliphatic carbocycles. The van der Waals surface area contributed by atoms with Crippen LogP contribution in [0.3, 0.4) is 0 Å². The maximum absolute atomic E-state index is 9.99. The predicted molar refractivity (Wildman–Crippen MR) is 32.1 cm³/mol. The van der Waals surface area contributed by atoms with Crippen LogP contribution in [0.5, 0.6) is 0 Å². The van der Waals surface area contributed by atoms with Crippen LogP contribution in [0.15, 0.2) is 5.18 Å².